The Kier molecular flexibility index (Phi) is 4.73. The number of aryl methyl sites for hydroxylation is 1. The molecule has 3 nitrogen and oxygen atoms in total. The number of hydrogen-bond donors (Lipinski definition) is 0. The van der Waals surface area contributed by atoms with Crippen molar-refractivity contribution in [3.05, 3.63) is 65.2 Å². The first-order chi connectivity index (χ1) is 10.2. The molecule has 0 N–H and O–H groups in total. The summed E-state index contributed by atoms with van der Waals surface area (Å²) in [4.78, 5) is 14.5. The minimum Gasteiger partial charge on any atom is -0.309 e. The summed E-state index contributed by atoms with van der Waals surface area (Å²) >= 11 is 0. The highest BCUT2D eigenvalue weighted by Crippen LogP contribution is 2.20. The molecule has 1 amide bonds. The van der Waals surface area contributed by atoms with Crippen molar-refractivity contribution in [2.24, 2.45) is 0 Å². The van der Waals surface area contributed by atoms with Crippen LogP contribution >= 0.6 is 0 Å². The van der Waals surface area contributed by atoms with E-state index < -0.39 is 0 Å². The van der Waals surface area contributed by atoms with Gasteiger partial charge in [0.25, 0.3) is 5.91 Å². The second-order valence-electron chi connectivity index (χ2n) is 4.88. The van der Waals surface area contributed by atoms with E-state index in [4.69, 9.17) is 5.26 Å². The van der Waals surface area contributed by atoms with Gasteiger partial charge < -0.3 is 4.90 Å². The topological polar surface area (TPSA) is 44.1 Å². The van der Waals surface area contributed by atoms with Gasteiger partial charge in [-0.05, 0) is 43.2 Å². The summed E-state index contributed by atoms with van der Waals surface area (Å²) in [5.74, 6) is -0.0612. The Hall–Kier alpha value is -2.60. The number of benzene rings is 2. The molecule has 0 fully saturated rings. The smallest absolute Gasteiger partial charge is 0.258 e. The molecule has 0 aliphatic rings. The summed E-state index contributed by atoms with van der Waals surface area (Å²) in [5, 5.41) is 8.90. The van der Waals surface area contributed by atoms with Crippen molar-refractivity contribution >= 4 is 11.6 Å². The second kappa shape index (κ2) is 6.71. The predicted molar refractivity (Wildman–Crippen MR) is 84.3 cm³/mol. The number of amides is 1. The van der Waals surface area contributed by atoms with Crippen LogP contribution in [0, 0.1) is 18.3 Å². The molecule has 2 rings (SSSR count). The Morgan fingerprint density at radius 1 is 1.19 bits per heavy atom. The molecule has 106 valence electrons. The van der Waals surface area contributed by atoms with Crippen LogP contribution in [0.4, 0.5) is 5.69 Å². The summed E-state index contributed by atoms with van der Waals surface area (Å²) < 4.78 is 0. The summed E-state index contributed by atoms with van der Waals surface area (Å²) in [6, 6.07) is 17.3. The fourth-order valence-corrected chi connectivity index (χ4v) is 2.35. The zero-order chi connectivity index (χ0) is 15.2. The number of carbonyl (C=O) groups is 1. The van der Waals surface area contributed by atoms with Crippen molar-refractivity contribution in [3.8, 4) is 6.07 Å². The largest absolute Gasteiger partial charge is 0.309 e. The average molecular weight is 278 g/mol. The number of anilines is 1. The molecule has 2 aromatic rings. The van der Waals surface area contributed by atoms with Gasteiger partial charge in [0, 0.05) is 17.8 Å². The van der Waals surface area contributed by atoms with Crippen molar-refractivity contribution in [3.63, 3.8) is 0 Å². The van der Waals surface area contributed by atoms with Gasteiger partial charge in [0.15, 0.2) is 0 Å². The molecule has 0 spiro atoms. The SMILES string of the molecule is CCN(C(=O)c1ccccc1CC#N)c1cccc(C)c1. The molecular weight excluding hydrogens is 260 g/mol. The molecule has 0 bridgehead atoms. The summed E-state index contributed by atoms with van der Waals surface area (Å²) in [7, 11) is 0. The number of carbonyl (C=O) groups excluding carboxylic acids is 1. The van der Waals surface area contributed by atoms with E-state index in [1.165, 1.54) is 0 Å². The van der Waals surface area contributed by atoms with Gasteiger partial charge in [-0.3, -0.25) is 4.79 Å². The Morgan fingerprint density at radius 2 is 1.95 bits per heavy atom. The summed E-state index contributed by atoms with van der Waals surface area (Å²) in [6.07, 6.45) is 0.243. The van der Waals surface area contributed by atoms with Crippen LogP contribution in [0.1, 0.15) is 28.4 Å². The van der Waals surface area contributed by atoms with E-state index in [0.717, 1.165) is 16.8 Å². The monoisotopic (exact) mass is 278 g/mol. The molecule has 0 saturated carbocycles. The van der Waals surface area contributed by atoms with E-state index in [1.807, 2.05) is 56.3 Å². The number of hydrogen-bond acceptors (Lipinski definition) is 2. The number of rotatable bonds is 4. The average Bonchev–Trinajstić information content (AvgIpc) is 2.49. The molecule has 0 aliphatic heterocycles. The highest BCUT2D eigenvalue weighted by atomic mass is 16.2. The van der Waals surface area contributed by atoms with Crippen molar-refractivity contribution in [2.45, 2.75) is 20.3 Å². The van der Waals surface area contributed by atoms with Crippen LogP contribution in [0.15, 0.2) is 48.5 Å². The van der Waals surface area contributed by atoms with E-state index in [-0.39, 0.29) is 12.3 Å². The fourth-order valence-electron chi connectivity index (χ4n) is 2.35. The van der Waals surface area contributed by atoms with Crippen molar-refractivity contribution in [1.82, 2.24) is 0 Å². The molecule has 0 radical (unpaired) electrons. The Labute approximate surface area is 125 Å². The molecule has 0 atom stereocenters. The van der Waals surface area contributed by atoms with Crippen molar-refractivity contribution < 1.29 is 4.79 Å². The maximum Gasteiger partial charge on any atom is 0.258 e. The summed E-state index contributed by atoms with van der Waals surface area (Å²) in [5.41, 5.74) is 3.37. The lowest BCUT2D eigenvalue weighted by Gasteiger charge is -2.22. The highest BCUT2D eigenvalue weighted by molar-refractivity contribution is 6.07. The standard InChI is InChI=1S/C18H18N2O/c1-3-20(16-9-6-7-14(2)13-16)18(21)17-10-5-4-8-15(17)11-12-19/h4-10,13H,3,11H2,1-2H3. The van der Waals surface area contributed by atoms with Crippen LogP contribution in [0.3, 0.4) is 0 Å². The second-order valence-corrected chi connectivity index (χ2v) is 4.88. The molecule has 21 heavy (non-hydrogen) atoms. The highest BCUT2D eigenvalue weighted by Gasteiger charge is 2.18. The Morgan fingerprint density at radius 3 is 2.62 bits per heavy atom. The normalized spacial score (nSPS) is 9.95. The van der Waals surface area contributed by atoms with Crippen molar-refractivity contribution in [1.29, 1.82) is 5.26 Å². The molecule has 2 aromatic carbocycles. The van der Waals surface area contributed by atoms with E-state index in [9.17, 15) is 4.79 Å². The van der Waals surface area contributed by atoms with Crippen LogP contribution in [-0.4, -0.2) is 12.5 Å². The van der Waals surface area contributed by atoms with Crippen LogP contribution < -0.4 is 4.90 Å². The van der Waals surface area contributed by atoms with E-state index in [1.54, 1.807) is 11.0 Å². The van der Waals surface area contributed by atoms with Gasteiger partial charge in [-0.2, -0.15) is 5.26 Å². The Balaban J connectivity index is 2.40. The quantitative estimate of drug-likeness (QED) is 0.855. The maximum atomic E-state index is 12.8. The number of nitrogens with zero attached hydrogens (tertiary/aromatic N) is 2. The zero-order valence-corrected chi connectivity index (χ0v) is 12.3. The molecule has 0 aromatic heterocycles. The van der Waals surface area contributed by atoms with Crippen LogP contribution in [0.25, 0.3) is 0 Å². The van der Waals surface area contributed by atoms with E-state index in [0.29, 0.717) is 12.1 Å². The first-order valence-electron chi connectivity index (χ1n) is 7.00. The van der Waals surface area contributed by atoms with Gasteiger partial charge in [-0.1, -0.05) is 30.3 Å². The van der Waals surface area contributed by atoms with Crippen molar-refractivity contribution in [2.75, 3.05) is 11.4 Å². The fraction of sp³-hybridized carbons (Fsp3) is 0.222. The van der Waals surface area contributed by atoms with Crippen LogP contribution in [0.5, 0.6) is 0 Å². The van der Waals surface area contributed by atoms with Gasteiger partial charge >= 0.3 is 0 Å². The number of nitriles is 1. The van der Waals surface area contributed by atoms with Gasteiger partial charge in [0.1, 0.15) is 0 Å². The molecule has 0 unspecified atom stereocenters. The molecule has 0 heterocycles. The van der Waals surface area contributed by atoms with Crippen LogP contribution in [-0.2, 0) is 6.42 Å². The van der Waals surface area contributed by atoms with Gasteiger partial charge in [0.2, 0.25) is 0 Å². The maximum absolute atomic E-state index is 12.8. The minimum atomic E-state index is -0.0612. The third-order valence-corrected chi connectivity index (χ3v) is 3.39. The summed E-state index contributed by atoms with van der Waals surface area (Å²) in [6.45, 7) is 4.54. The van der Waals surface area contributed by atoms with Gasteiger partial charge in [0.05, 0.1) is 12.5 Å². The van der Waals surface area contributed by atoms with Gasteiger partial charge in [-0.25, -0.2) is 0 Å². The van der Waals surface area contributed by atoms with E-state index in [2.05, 4.69) is 6.07 Å². The van der Waals surface area contributed by atoms with E-state index >= 15 is 0 Å². The van der Waals surface area contributed by atoms with Gasteiger partial charge in [-0.15, -0.1) is 0 Å². The first kappa shape index (κ1) is 14.8. The minimum absolute atomic E-state index is 0.0612. The van der Waals surface area contributed by atoms with Crippen LogP contribution in [0.2, 0.25) is 0 Å². The predicted octanol–water partition coefficient (Wildman–Crippen LogP) is 3.73. The lowest BCUT2D eigenvalue weighted by Crippen LogP contribution is -2.31. The molecule has 3 heteroatoms. The molecule has 0 aliphatic carbocycles. The lowest BCUT2D eigenvalue weighted by molar-refractivity contribution is 0.0987. The zero-order valence-electron chi connectivity index (χ0n) is 12.3. The first-order valence-corrected chi connectivity index (χ1v) is 7.00. The molecule has 0 saturated heterocycles. The molecular formula is C18H18N2O. The lowest BCUT2D eigenvalue weighted by atomic mass is 10.0. The Bertz CT molecular complexity index is 686. The third kappa shape index (κ3) is 3.29. The third-order valence-electron chi connectivity index (χ3n) is 3.39.